The van der Waals surface area contributed by atoms with Crippen LogP contribution >= 0.6 is 0 Å². The van der Waals surface area contributed by atoms with E-state index in [0.717, 1.165) is 18.6 Å². The van der Waals surface area contributed by atoms with Gasteiger partial charge in [0.25, 0.3) is 0 Å². The summed E-state index contributed by atoms with van der Waals surface area (Å²) in [7, 11) is 1.65. The zero-order chi connectivity index (χ0) is 12.4. The maximum Gasteiger partial charge on any atom is 0.149 e. The number of benzene rings is 1. The summed E-state index contributed by atoms with van der Waals surface area (Å²) >= 11 is 0. The summed E-state index contributed by atoms with van der Waals surface area (Å²) in [4.78, 5) is 1.57. The molecule has 0 aliphatic carbocycles. The molecule has 1 aliphatic rings. The lowest BCUT2D eigenvalue weighted by molar-refractivity contribution is 0.193. The van der Waals surface area contributed by atoms with E-state index in [2.05, 4.69) is 0 Å². The van der Waals surface area contributed by atoms with Crippen LogP contribution in [0.2, 0.25) is 0 Å². The molecule has 2 rings (SSSR count). The third kappa shape index (κ3) is 2.40. The summed E-state index contributed by atoms with van der Waals surface area (Å²) < 4.78 is 32.7. The molecule has 0 saturated carbocycles. The number of likely N-dealkylation sites (N-methyl/N-ethyl adjacent to an activating group) is 1. The van der Waals surface area contributed by atoms with Crippen LogP contribution in [-0.4, -0.2) is 31.4 Å². The van der Waals surface area contributed by atoms with Crippen LogP contribution in [-0.2, 0) is 11.3 Å². The Morgan fingerprint density at radius 3 is 2.53 bits per heavy atom. The Bertz CT molecular complexity index is 382. The lowest BCUT2D eigenvalue weighted by Crippen LogP contribution is -2.33. The predicted octanol–water partition coefficient (Wildman–Crippen LogP) is 1.68. The first-order valence-corrected chi connectivity index (χ1v) is 5.53. The molecule has 1 unspecified atom stereocenters. The SMILES string of the molecule is CN(c1c(F)cc(CO)cc1F)C1CCOC1. The van der Waals surface area contributed by atoms with E-state index in [4.69, 9.17) is 9.84 Å². The molecule has 1 aliphatic heterocycles. The third-order valence-electron chi connectivity index (χ3n) is 3.07. The molecule has 1 saturated heterocycles. The fraction of sp³-hybridized carbons (Fsp3) is 0.500. The van der Waals surface area contributed by atoms with Gasteiger partial charge in [0, 0.05) is 13.7 Å². The molecule has 94 valence electrons. The van der Waals surface area contributed by atoms with Crippen LogP contribution < -0.4 is 4.90 Å². The van der Waals surface area contributed by atoms with Crippen molar-refractivity contribution in [3.05, 3.63) is 29.3 Å². The number of halogens is 2. The Hall–Kier alpha value is -1.20. The minimum Gasteiger partial charge on any atom is -0.392 e. The van der Waals surface area contributed by atoms with E-state index >= 15 is 0 Å². The summed E-state index contributed by atoms with van der Waals surface area (Å²) in [6.07, 6.45) is 0.761. The number of ether oxygens (including phenoxy) is 1. The lowest BCUT2D eigenvalue weighted by atomic mass is 10.1. The van der Waals surface area contributed by atoms with Crippen molar-refractivity contribution in [2.75, 3.05) is 25.2 Å². The van der Waals surface area contributed by atoms with Crippen LogP contribution in [0.15, 0.2) is 12.1 Å². The van der Waals surface area contributed by atoms with E-state index in [1.165, 1.54) is 0 Å². The highest BCUT2D eigenvalue weighted by Crippen LogP contribution is 2.27. The zero-order valence-corrected chi connectivity index (χ0v) is 9.62. The fourth-order valence-corrected chi connectivity index (χ4v) is 2.06. The van der Waals surface area contributed by atoms with Gasteiger partial charge in [-0.15, -0.1) is 0 Å². The van der Waals surface area contributed by atoms with Crippen molar-refractivity contribution in [3.8, 4) is 0 Å². The molecular weight excluding hydrogens is 228 g/mol. The van der Waals surface area contributed by atoms with Gasteiger partial charge in [-0.1, -0.05) is 0 Å². The molecule has 0 aromatic heterocycles. The predicted molar refractivity (Wildman–Crippen MR) is 59.9 cm³/mol. The monoisotopic (exact) mass is 243 g/mol. The number of hydrogen-bond donors (Lipinski definition) is 1. The highest BCUT2D eigenvalue weighted by Gasteiger charge is 2.25. The first-order valence-electron chi connectivity index (χ1n) is 5.53. The highest BCUT2D eigenvalue weighted by molar-refractivity contribution is 5.51. The Labute approximate surface area is 98.6 Å². The maximum absolute atomic E-state index is 13.8. The molecule has 1 N–H and O–H groups in total. The molecule has 0 spiro atoms. The number of anilines is 1. The maximum atomic E-state index is 13.8. The van der Waals surface area contributed by atoms with Gasteiger partial charge >= 0.3 is 0 Å². The Balaban J connectivity index is 2.30. The van der Waals surface area contributed by atoms with Crippen molar-refractivity contribution in [2.24, 2.45) is 0 Å². The summed E-state index contributed by atoms with van der Waals surface area (Å²) in [5.41, 5.74) is 0.178. The van der Waals surface area contributed by atoms with E-state index in [1.54, 1.807) is 11.9 Å². The Morgan fingerprint density at radius 2 is 2.06 bits per heavy atom. The number of aliphatic hydroxyl groups is 1. The van der Waals surface area contributed by atoms with Gasteiger partial charge in [-0.05, 0) is 24.1 Å². The number of nitrogens with zero attached hydrogens (tertiary/aromatic N) is 1. The van der Waals surface area contributed by atoms with Crippen LogP contribution in [0.1, 0.15) is 12.0 Å². The number of hydrogen-bond acceptors (Lipinski definition) is 3. The largest absolute Gasteiger partial charge is 0.392 e. The zero-order valence-electron chi connectivity index (χ0n) is 9.62. The lowest BCUT2D eigenvalue weighted by Gasteiger charge is -2.26. The van der Waals surface area contributed by atoms with Crippen LogP contribution in [0.4, 0.5) is 14.5 Å². The van der Waals surface area contributed by atoms with Gasteiger partial charge in [0.05, 0.1) is 19.3 Å². The summed E-state index contributed by atoms with van der Waals surface area (Å²) in [5.74, 6) is -1.30. The van der Waals surface area contributed by atoms with Crippen LogP contribution in [0.5, 0.6) is 0 Å². The summed E-state index contributed by atoms with van der Waals surface area (Å²) in [6.45, 7) is 0.731. The van der Waals surface area contributed by atoms with Crippen molar-refractivity contribution in [1.82, 2.24) is 0 Å². The van der Waals surface area contributed by atoms with E-state index < -0.39 is 11.6 Å². The second-order valence-electron chi connectivity index (χ2n) is 4.19. The van der Waals surface area contributed by atoms with Gasteiger partial charge < -0.3 is 14.7 Å². The van der Waals surface area contributed by atoms with E-state index in [9.17, 15) is 8.78 Å². The molecule has 0 bridgehead atoms. The molecular formula is C12H15F2NO2. The van der Waals surface area contributed by atoms with E-state index in [0.29, 0.717) is 13.2 Å². The highest BCUT2D eigenvalue weighted by atomic mass is 19.1. The van der Waals surface area contributed by atoms with Gasteiger partial charge in [-0.3, -0.25) is 0 Å². The summed E-state index contributed by atoms with van der Waals surface area (Å²) in [5, 5.41) is 8.86. The van der Waals surface area contributed by atoms with Crippen LogP contribution in [0.3, 0.4) is 0 Å². The van der Waals surface area contributed by atoms with Gasteiger partial charge in [0.15, 0.2) is 0 Å². The second kappa shape index (κ2) is 4.98. The van der Waals surface area contributed by atoms with Crippen molar-refractivity contribution in [1.29, 1.82) is 0 Å². The molecule has 0 radical (unpaired) electrons. The molecule has 1 aromatic rings. The molecule has 17 heavy (non-hydrogen) atoms. The van der Waals surface area contributed by atoms with Crippen molar-refractivity contribution in [3.63, 3.8) is 0 Å². The first-order chi connectivity index (χ1) is 8.13. The van der Waals surface area contributed by atoms with Gasteiger partial charge in [-0.25, -0.2) is 8.78 Å². The fourth-order valence-electron chi connectivity index (χ4n) is 2.06. The second-order valence-corrected chi connectivity index (χ2v) is 4.19. The average Bonchev–Trinajstić information content (AvgIpc) is 2.81. The van der Waals surface area contributed by atoms with Crippen LogP contribution in [0.25, 0.3) is 0 Å². The van der Waals surface area contributed by atoms with Gasteiger partial charge in [0.1, 0.15) is 17.3 Å². The van der Waals surface area contributed by atoms with Gasteiger partial charge in [-0.2, -0.15) is 0 Å². The van der Waals surface area contributed by atoms with Crippen molar-refractivity contribution >= 4 is 5.69 Å². The first kappa shape index (κ1) is 12.3. The molecule has 0 amide bonds. The van der Waals surface area contributed by atoms with Crippen molar-refractivity contribution < 1.29 is 18.6 Å². The minimum atomic E-state index is -0.650. The average molecular weight is 243 g/mol. The quantitative estimate of drug-likeness (QED) is 0.876. The standard InChI is InChI=1S/C12H15F2NO2/c1-15(9-2-3-17-7-9)12-10(13)4-8(6-16)5-11(12)14/h4-5,9,16H,2-3,6-7H2,1H3. The molecule has 1 aromatic carbocycles. The Kier molecular flexibility index (Phi) is 3.59. The molecule has 1 fully saturated rings. The normalized spacial score (nSPS) is 19.6. The summed E-state index contributed by atoms with van der Waals surface area (Å²) in [6, 6.07) is 2.31. The van der Waals surface area contributed by atoms with Crippen molar-refractivity contribution in [2.45, 2.75) is 19.1 Å². The van der Waals surface area contributed by atoms with E-state index in [1.807, 2.05) is 0 Å². The molecule has 5 heteroatoms. The van der Waals surface area contributed by atoms with Gasteiger partial charge in [0.2, 0.25) is 0 Å². The topological polar surface area (TPSA) is 32.7 Å². The smallest absolute Gasteiger partial charge is 0.149 e. The Morgan fingerprint density at radius 1 is 1.41 bits per heavy atom. The molecule has 1 atom stereocenters. The molecule has 1 heterocycles. The van der Waals surface area contributed by atoms with E-state index in [-0.39, 0.29) is 23.9 Å². The number of rotatable bonds is 3. The minimum absolute atomic E-state index is 0.000948. The van der Waals surface area contributed by atoms with Crippen LogP contribution in [0, 0.1) is 11.6 Å². The third-order valence-corrected chi connectivity index (χ3v) is 3.07. The number of aliphatic hydroxyl groups excluding tert-OH is 1. The molecule has 3 nitrogen and oxygen atoms in total.